The predicted molar refractivity (Wildman–Crippen MR) is 77.8 cm³/mol. The maximum atomic E-state index is 6.13. The molecule has 2 unspecified atom stereocenters. The van der Waals surface area contributed by atoms with Crippen molar-refractivity contribution in [3.8, 4) is 0 Å². The van der Waals surface area contributed by atoms with Crippen molar-refractivity contribution in [2.45, 2.75) is 65.0 Å². The summed E-state index contributed by atoms with van der Waals surface area (Å²) in [4.78, 5) is 2.61. The standard InChI is InChI=1S/C15H32N2O/c1-5-6-7-9-17(13(2)3)15(4,12-16)14-8-10-18-11-14/h13-14H,5-12,16H2,1-4H3. The second-order valence-corrected chi connectivity index (χ2v) is 6.12. The number of nitrogens with zero attached hydrogens (tertiary/aromatic N) is 1. The molecule has 1 fully saturated rings. The Hall–Kier alpha value is -0.120. The van der Waals surface area contributed by atoms with Crippen LogP contribution in [0.2, 0.25) is 0 Å². The van der Waals surface area contributed by atoms with Crippen LogP contribution in [0.5, 0.6) is 0 Å². The van der Waals surface area contributed by atoms with Gasteiger partial charge in [-0.15, -0.1) is 0 Å². The van der Waals surface area contributed by atoms with Crippen LogP contribution in [0.3, 0.4) is 0 Å². The molecule has 108 valence electrons. The molecule has 1 aliphatic heterocycles. The summed E-state index contributed by atoms with van der Waals surface area (Å²) in [6.07, 6.45) is 5.02. The first-order valence-corrected chi connectivity index (χ1v) is 7.60. The highest BCUT2D eigenvalue weighted by Gasteiger charge is 2.41. The molecule has 0 spiro atoms. The zero-order valence-electron chi connectivity index (χ0n) is 12.7. The van der Waals surface area contributed by atoms with Gasteiger partial charge in [-0.2, -0.15) is 0 Å². The molecular formula is C15H32N2O. The van der Waals surface area contributed by atoms with Gasteiger partial charge in [0, 0.05) is 30.7 Å². The zero-order chi connectivity index (χ0) is 13.6. The molecule has 0 saturated carbocycles. The molecule has 0 aromatic heterocycles. The number of hydrogen-bond donors (Lipinski definition) is 1. The van der Waals surface area contributed by atoms with Crippen molar-refractivity contribution in [3.05, 3.63) is 0 Å². The highest BCUT2D eigenvalue weighted by Crippen LogP contribution is 2.32. The van der Waals surface area contributed by atoms with Crippen LogP contribution in [-0.4, -0.2) is 42.8 Å². The summed E-state index contributed by atoms with van der Waals surface area (Å²) in [6, 6.07) is 0.552. The summed E-state index contributed by atoms with van der Waals surface area (Å²) in [5.74, 6) is 0.589. The van der Waals surface area contributed by atoms with Crippen LogP contribution in [0.25, 0.3) is 0 Å². The van der Waals surface area contributed by atoms with Crippen molar-refractivity contribution >= 4 is 0 Å². The van der Waals surface area contributed by atoms with Gasteiger partial charge >= 0.3 is 0 Å². The zero-order valence-corrected chi connectivity index (χ0v) is 12.7. The molecule has 0 aromatic rings. The highest BCUT2D eigenvalue weighted by atomic mass is 16.5. The lowest BCUT2D eigenvalue weighted by Gasteiger charge is -2.47. The van der Waals surface area contributed by atoms with E-state index in [1.165, 1.54) is 19.3 Å². The Bertz CT molecular complexity index is 227. The van der Waals surface area contributed by atoms with Gasteiger partial charge in [0.05, 0.1) is 6.61 Å². The fourth-order valence-corrected chi connectivity index (χ4v) is 3.18. The minimum absolute atomic E-state index is 0.0956. The van der Waals surface area contributed by atoms with E-state index < -0.39 is 0 Å². The molecule has 1 aliphatic rings. The first kappa shape index (κ1) is 15.9. The summed E-state index contributed by atoms with van der Waals surface area (Å²) in [6.45, 7) is 12.8. The Morgan fingerprint density at radius 1 is 1.39 bits per heavy atom. The summed E-state index contributed by atoms with van der Waals surface area (Å²) >= 11 is 0. The Morgan fingerprint density at radius 3 is 2.56 bits per heavy atom. The van der Waals surface area contributed by atoms with E-state index in [1.54, 1.807) is 0 Å². The lowest BCUT2D eigenvalue weighted by molar-refractivity contribution is 0.0198. The minimum atomic E-state index is 0.0956. The number of nitrogens with two attached hydrogens (primary N) is 1. The van der Waals surface area contributed by atoms with Gasteiger partial charge < -0.3 is 10.5 Å². The van der Waals surface area contributed by atoms with Crippen LogP contribution >= 0.6 is 0 Å². The molecule has 3 heteroatoms. The molecule has 18 heavy (non-hydrogen) atoms. The number of ether oxygens (including phenoxy) is 1. The van der Waals surface area contributed by atoms with Gasteiger partial charge in [0.2, 0.25) is 0 Å². The van der Waals surface area contributed by atoms with Gasteiger partial charge in [0.1, 0.15) is 0 Å². The van der Waals surface area contributed by atoms with Crippen molar-refractivity contribution in [1.82, 2.24) is 4.90 Å². The molecule has 1 rings (SSSR count). The van der Waals surface area contributed by atoms with Crippen molar-refractivity contribution in [3.63, 3.8) is 0 Å². The molecule has 2 atom stereocenters. The van der Waals surface area contributed by atoms with Gasteiger partial charge in [-0.25, -0.2) is 0 Å². The van der Waals surface area contributed by atoms with Crippen molar-refractivity contribution in [2.75, 3.05) is 26.3 Å². The van der Waals surface area contributed by atoms with E-state index in [0.29, 0.717) is 12.0 Å². The van der Waals surface area contributed by atoms with Crippen molar-refractivity contribution in [1.29, 1.82) is 0 Å². The number of hydrogen-bond acceptors (Lipinski definition) is 3. The van der Waals surface area contributed by atoms with E-state index in [1.807, 2.05) is 0 Å². The van der Waals surface area contributed by atoms with E-state index in [0.717, 1.165) is 32.7 Å². The lowest BCUT2D eigenvalue weighted by atomic mass is 9.82. The van der Waals surface area contributed by atoms with E-state index in [-0.39, 0.29) is 5.54 Å². The van der Waals surface area contributed by atoms with Crippen LogP contribution in [0, 0.1) is 5.92 Å². The Balaban J connectivity index is 2.71. The van der Waals surface area contributed by atoms with Crippen LogP contribution in [-0.2, 0) is 4.74 Å². The molecular weight excluding hydrogens is 224 g/mol. The molecule has 0 aromatic carbocycles. The van der Waals surface area contributed by atoms with Crippen LogP contribution in [0.4, 0.5) is 0 Å². The summed E-state index contributed by atoms with van der Waals surface area (Å²) < 4.78 is 5.58. The largest absolute Gasteiger partial charge is 0.381 e. The van der Waals surface area contributed by atoms with Crippen LogP contribution in [0.1, 0.15) is 53.4 Å². The van der Waals surface area contributed by atoms with Gasteiger partial charge in [-0.05, 0) is 40.2 Å². The first-order valence-electron chi connectivity index (χ1n) is 7.60. The topological polar surface area (TPSA) is 38.5 Å². The van der Waals surface area contributed by atoms with E-state index >= 15 is 0 Å². The highest BCUT2D eigenvalue weighted by molar-refractivity contribution is 4.96. The van der Waals surface area contributed by atoms with Gasteiger partial charge in [-0.3, -0.25) is 4.90 Å². The predicted octanol–water partition coefficient (Wildman–Crippen LogP) is 2.64. The minimum Gasteiger partial charge on any atom is -0.381 e. The maximum absolute atomic E-state index is 6.13. The maximum Gasteiger partial charge on any atom is 0.0513 e. The Labute approximate surface area is 113 Å². The first-order chi connectivity index (χ1) is 8.56. The average Bonchev–Trinajstić information content (AvgIpc) is 2.87. The molecule has 0 amide bonds. The smallest absolute Gasteiger partial charge is 0.0513 e. The third-order valence-corrected chi connectivity index (χ3v) is 4.50. The van der Waals surface area contributed by atoms with Gasteiger partial charge in [-0.1, -0.05) is 19.8 Å². The van der Waals surface area contributed by atoms with Gasteiger partial charge in [0.15, 0.2) is 0 Å². The van der Waals surface area contributed by atoms with Crippen molar-refractivity contribution in [2.24, 2.45) is 11.7 Å². The summed E-state index contributed by atoms with van der Waals surface area (Å²) in [7, 11) is 0. The van der Waals surface area contributed by atoms with E-state index in [2.05, 4.69) is 32.6 Å². The van der Waals surface area contributed by atoms with Crippen LogP contribution < -0.4 is 5.73 Å². The van der Waals surface area contributed by atoms with Crippen molar-refractivity contribution < 1.29 is 4.74 Å². The fraction of sp³-hybridized carbons (Fsp3) is 1.00. The Morgan fingerprint density at radius 2 is 2.11 bits per heavy atom. The Kier molecular flexibility index (Phi) is 6.61. The third kappa shape index (κ3) is 3.69. The van der Waals surface area contributed by atoms with E-state index in [9.17, 15) is 0 Å². The SMILES string of the molecule is CCCCCN(C(C)C)C(C)(CN)C1CCOC1. The summed E-state index contributed by atoms with van der Waals surface area (Å²) in [5.41, 5.74) is 6.23. The monoisotopic (exact) mass is 256 g/mol. The molecule has 2 N–H and O–H groups in total. The number of rotatable bonds is 8. The van der Waals surface area contributed by atoms with Crippen LogP contribution in [0.15, 0.2) is 0 Å². The molecule has 0 aliphatic carbocycles. The fourth-order valence-electron chi connectivity index (χ4n) is 3.18. The average molecular weight is 256 g/mol. The molecule has 3 nitrogen and oxygen atoms in total. The van der Waals surface area contributed by atoms with E-state index in [4.69, 9.17) is 10.5 Å². The lowest BCUT2D eigenvalue weighted by Crippen LogP contribution is -2.59. The molecule has 0 radical (unpaired) electrons. The second kappa shape index (κ2) is 7.46. The third-order valence-electron chi connectivity index (χ3n) is 4.50. The molecule has 0 bridgehead atoms. The number of unbranched alkanes of at least 4 members (excludes halogenated alkanes) is 2. The van der Waals surface area contributed by atoms with Gasteiger partial charge in [0.25, 0.3) is 0 Å². The summed E-state index contributed by atoms with van der Waals surface area (Å²) in [5, 5.41) is 0. The molecule has 1 heterocycles. The molecule has 1 saturated heterocycles. The quantitative estimate of drug-likeness (QED) is 0.679. The second-order valence-electron chi connectivity index (χ2n) is 6.12. The normalized spacial score (nSPS) is 23.8.